The van der Waals surface area contributed by atoms with Crippen LogP contribution in [0.3, 0.4) is 0 Å². The summed E-state index contributed by atoms with van der Waals surface area (Å²) in [5.74, 6) is -0.195. The third kappa shape index (κ3) is 5.41. The Hall–Kier alpha value is -3.76. The molecule has 0 radical (unpaired) electrons. The van der Waals surface area contributed by atoms with Crippen LogP contribution in [-0.2, 0) is 17.8 Å². The highest BCUT2D eigenvalue weighted by atomic mass is 16.6. The highest BCUT2D eigenvalue weighted by molar-refractivity contribution is 6.00. The molecule has 180 valence electrons. The molecule has 11 heteroatoms. The molecule has 0 aliphatic heterocycles. The molecule has 3 aromatic rings. The van der Waals surface area contributed by atoms with Crippen molar-refractivity contribution in [1.82, 2.24) is 30.4 Å². The van der Waals surface area contributed by atoms with E-state index in [1.54, 1.807) is 29.2 Å². The largest absolute Gasteiger partial charge is 0.338 e. The van der Waals surface area contributed by atoms with E-state index < -0.39 is 11.9 Å². The van der Waals surface area contributed by atoms with E-state index in [0.29, 0.717) is 29.3 Å². The van der Waals surface area contributed by atoms with Crippen molar-refractivity contribution >= 4 is 17.5 Å². The van der Waals surface area contributed by atoms with Gasteiger partial charge >= 0.3 is 0 Å². The van der Waals surface area contributed by atoms with Gasteiger partial charge in [0.1, 0.15) is 11.7 Å². The molecule has 4 rings (SSSR count). The van der Waals surface area contributed by atoms with Crippen LogP contribution >= 0.6 is 0 Å². The maximum Gasteiger partial charge on any atom is 0.276 e. The number of carbonyl (C=O) groups excluding carboxylic acids is 2. The number of anilines is 1. The van der Waals surface area contributed by atoms with Crippen LogP contribution in [-0.4, -0.2) is 42.9 Å². The van der Waals surface area contributed by atoms with Gasteiger partial charge < -0.3 is 15.6 Å². The zero-order chi connectivity index (χ0) is 24.1. The highest BCUT2D eigenvalue weighted by Gasteiger charge is 2.34. The summed E-state index contributed by atoms with van der Waals surface area (Å²) in [6, 6.07) is 2.73. The van der Waals surface area contributed by atoms with Gasteiger partial charge in [0.15, 0.2) is 5.69 Å². The Morgan fingerprint density at radius 3 is 2.79 bits per heavy atom. The van der Waals surface area contributed by atoms with E-state index in [9.17, 15) is 14.4 Å². The van der Waals surface area contributed by atoms with Crippen molar-refractivity contribution in [3.63, 3.8) is 0 Å². The zero-order valence-corrected chi connectivity index (χ0v) is 19.3. The van der Waals surface area contributed by atoms with Crippen molar-refractivity contribution in [2.45, 2.75) is 58.5 Å². The fourth-order valence-corrected chi connectivity index (χ4v) is 4.33. The molecule has 3 aromatic heterocycles. The normalized spacial score (nSPS) is 18.9. The quantitative estimate of drug-likeness (QED) is 0.460. The minimum Gasteiger partial charge on any atom is -0.338 e. The van der Waals surface area contributed by atoms with Crippen LogP contribution in [0.25, 0.3) is 0 Å². The fraction of sp³-hybridized carbons (Fsp3) is 0.478. The number of nitrogens with zero attached hydrogens (tertiary/aromatic N) is 4. The number of carbonyl (C=O) groups is 2. The Labute approximate surface area is 196 Å². The maximum absolute atomic E-state index is 13.3. The average molecular weight is 468 g/mol. The first-order chi connectivity index (χ1) is 16.4. The summed E-state index contributed by atoms with van der Waals surface area (Å²) >= 11 is 0. The molecule has 34 heavy (non-hydrogen) atoms. The summed E-state index contributed by atoms with van der Waals surface area (Å²) in [6.45, 7) is 4.32. The number of aryl methyl sites for hydroxylation is 1. The molecule has 3 heterocycles. The van der Waals surface area contributed by atoms with Gasteiger partial charge in [-0.15, -0.1) is 0 Å². The van der Waals surface area contributed by atoms with Crippen LogP contribution in [0, 0.1) is 11.8 Å². The minimum atomic E-state index is -0.735. The van der Waals surface area contributed by atoms with Crippen LogP contribution in [0.2, 0.25) is 0 Å². The van der Waals surface area contributed by atoms with Gasteiger partial charge in [0.05, 0.1) is 18.4 Å². The Balaban J connectivity index is 1.48. The van der Waals surface area contributed by atoms with E-state index in [4.69, 9.17) is 4.63 Å². The van der Waals surface area contributed by atoms with Gasteiger partial charge in [0, 0.05) is 18.0 Å². The lowest BCUT2D eigenvalue weighted by Gasteiger charge is -2.32. The summed E-state index contributed by atoms with van der Waals surface area (Å²) in [5.41, 5.74) is 1.40. The third-order valence-electron chi connectivity index (χ3n) is 6.34. The zero-order valence-electron chi connectivity index (χ0n) is 19.3. The molecule has 1 aliphatic rings. The molecule has 1 unspecified atom stereocenters. The van der Waals surface area contributed by atoms with E-state index >= 15 is 0 Å². The molecular weight excluding hydrogens is 438 g/mol. The second-order valence-electron chi connectivity index (χ2n) is 8.82. The number of hydrogen-bond acceptors (Lipinski definition) is 7. The molecule has 0 bridgehead atoms. The number of aromatic amines is 1. The van der Waals surface area contributed by atoms with Crippen molar-refractivity contribution in [2.75, 3.05) is 5.32 Å². The first-order valence-electron chi connectivity index (χ1n) is 11.6. The van der Waals surface area contributed by atoms with Gasteiger partial charge in [-0.2, -0.15) is 5.10 Å². The van der Waals surface area contributed by atoms with Crippen molar-refractivity contribution in [3.05, 3.63) is 58.0 Å². The Bertz CT molecular complexity index is 1190. The second-order valence-corrected chi connectivity index (χ2v) is 8.82. The lowest BCUT2D eigenvalue weighted by atomic mass is 9.79. The van der Waals surface area contributed by atoms with E-state index in [1.165, 1.54) is 6.20 Å². The van der Waals surface area contributed by atoms with Crippen LogP contribution in [0.15, 0.2) is 40.1 Å². The van der Waals surface area contributed by atoms with E-state index in [2.05, 4.69) is 38.0 Å². The third-order valence-corrected chi connectivity index (χ3v) is 6.34. The van der Waals surface area contributed by atoms with Crippen molar-refractivity contribution in [2.24, 2.45) is 11.8 Å². The van der Waals surface area contributed by atoms with Crippen LogP contribution in [0.5, 0.6) is 0 Å². The van der Waals surface area contributed by atoms with Gasteiger partial charge in [-0.25, -0.2) is 4.63 Å². The van der Waals surface area contributed by atoms with Crippen LogP contribution < -0.4 is 16.2 Å². The number of nitrogens with one attached hydrogen (secondary N) is 3. The number of hydrogen-bond donors (Lipinski definition) is 3. The molecule has 1 aliphatic carbocycles. The predicted octanol–water partition coefficient (Wildman–Crippen LogP) is 2.13. The maximum atomic E-state index is 13.3. The van der Waals surface area contributed by atoms with Gasteiger partial charge in [0.25, 0.3) is 11.5 Å². The summed E-state index contributed by atoms with van der Waals surface area (Å²) < 4.78 is 6.29. The number of amides is 2. The SMILES string of the molecule is CCc1nonc1C(=O)NC(C(=O)Nc1cnn(Cc2ccc[nH]c2=O)c1)C1CCC(C)CC1. The Morgan fingerprint density at radius 2 is 2.06 bits per heavy atom. The molecular formula is C23H29N7O4. The van der Waals surface area contributed by atoms with Gasteiger partial charge in [-0.05, 0) is 42.3 Å². The molecule has 1 saturated carbocycles. The monoisotopic (exact) mass is 467 g/mol. The Kier molecular flexibility index (Phi) is 7.19. The Morgan fingerprint density at radius 1 is 1.26 bits per heavy atom. The molecule has 1 fully saturated rings. The minimum absolute atomic E-state index is 0.00279. The highest BCUT2D eigenvalue weighted by Crippen LogP contribution is 2.31. The summed E-state index contributed by atoms with van der Waals surface area (Å²) in [4.78, 5) is 40.7. The smallest absolute Gasteiger partial charge is 0.276 e. The molecule has 0 saturated heterocycles. The fourth-order valence-electron chi connectivity index (χ4n) is 4.33. The van der Waals surface area contributed by atoms with E-state index in [0.717, 1.165) is 25.7 Å². The molecule has 0 spiro atoms. The predicted molar refractivity (Wildman–Crippen MR) is 123 cm³/mol. The van der Waals surface area contributed by atoms with Gasteiger partial charge in [-0.1, -0.05) is 37.9 Å². The van der Waals surface area contributed by atoms with Crippen molar-refractivity contribution in [3.8, 4) is 0 Å². The van der Waals surface area contributed by atoms with Gasteiger partial charge in [0.2, 0.25) is 5.91 Å². The van der Waals surface area contributed by atoms with Crippen LogP contribution in [0.1, 0.15) is 61.3 Å². The van der Waals surface area contributed by atoms with Crippen molar-refractivity contribution in [1.29, 1.82) is 0 Å². The molecule has 0 aromatic carbocycles. The number of H-pyrrole nitrogens is 1. The molecule has 2 amide bonds. The summed E-state index contributed by atoms with van der Waals surface area (Å²) in [5, 5.41) is 17.5. The second kappa shape index (κ2) is 10.4. The van der Waals surface area contributed by atoms with E-state index in [-0.39, 0.29) is 29.6 Å². The van der Waals surface area contributed by atoms with E-state index in [1.807, 2.05) is 6.92 Å². The summed E-state index contributed by atoms with van der Waals surface area (Å²) in [7, 11) is 0. The number of aromatic nitrogens is 5. The molecule has 3 N–H and O–H groups in total. The van der Waals surface area contributed by atoms with Crippen LogP contribution in [0.4, 0.5) is 5.69 Å². The van der Waals surface area contributed by atoms with Gasteiger partial charge in [-0.3, -0.25) is 19.1 Å². The lowest BCUT2D eigenvalue weighted by molar-refractivity contribution is -0.119. The first-order valence-corrected chi connectivity index (χ1v) is 11.6. The molecule has 1 atom stereocenters. The lowest BCUT2D eigenvalue weighted by Crippen LogP contribution is -2.49. The average Bonchev–Trinajstić information content (AvgIpc) is 3.49. The summed E-state index contributed by atoms with van der Waals surface area (Å²) in [6.07, 6.45) is 8.92. The molecule has 11 nitrogen and oxygen atoms in total. The topological polar surface area (TPSA) is 148 Å². The first kappa shape index (κ1) is 23.4. The van der Waals surface area contributed by atoms with Crippen molar-refractivity contribution < 1.29 is 14.2 Å². The standard InChI is InChI=1S/C23H29N7O4/c1-3-18-20(29-34-28-18)23(33)27-19(15-8-6-14(2)7-9-15)22(32)26-17-11-25-30(13-17)12-16-5-4-10-24-21(16)31/h4-5,10-11,13-15,19H,3,6-9,12H2,1-2H3,(H,24,31)(H,26,32)(H,27,33). The number of rotatable bonds is 8. The number of pyridine rings is 1.